The first-order valence-electron chi connectivity index (χ1n) is 8.03. The molecule has 1 aromatic heterocycles. The highest BCUT2D eigenvalue weighted by Crippen LogP contribution is 2.17. The number of hydrogen-bond acceptors (Lipinski definition) is 5. The van der Waals surface area contributed by atoms with Crippen molar-refractivity contribution in [1.29, 1.82) is 0 Å². The van der Waals surface area contributed by atoms with E-state index in [-0.39, 0.29) is 5.91 Å². The molecule has 2 aromatic rings. The van der Waals surface area contributed by atoms with E-state index in [0.717, 1.165) is 12.0 Å². The molecule has 122 valence electrons. The van der Waals surface area contributed by atoms with Crippen molar-refractivity contribution in [3.05, 3.63) is 35.7 Å². The van der Waals surface area contributed by atoms with Crippen molar-refractivity contribution < 1.29 is 14.1 Å². The van der Waals surface area contributed by atoms with Crippen LogP contribution < -0.4 is 0 Å². The molecule has 1 saturated heterocycles. The number of benzene rings is 1. The average molecular weight is 315 g/mol. The third kappa shape index (κ3) is 3.96. The van der Waals surface area contributed by atoms with Gasteiger partial charge in [0.15, 0.2) is 0 Å². The summed E-state index contributed by atoms with van der Waals surface area (Å²) in [7, 11) is 0. The molecular formula is C17H21N3O3. The van der Waals surface area contributed by atoms with Crippen LogP contribution >= 0.6 is 0 Å². The number of ether oxygens (including phenoxy) is 1. The Morgan fingerprint density at radius 3 is 2.65 bits per heavy atom. The fourth-order valence-corrected chi connectivity index (χ4v) is 2.55. The van der Waals surface area contributed by atoms with Crippen LogP contribution in [0.4, 0.5) is 0 Å². The Bertz CT molecular complexity index is 645. The maximum absolute atomic E-state index is 12.1. The monoisotopic (exact) mass is 315 g/mol. The first kappa shape index (κ1) is 15.7. The van der Waals surface area contributed by atoms with Gasteiger partial charge in [0.2, 0.25) is 17.6 Å². The maximum Gasteiger partial charge on any atom is 0.227 e. The van der Waals surface area contributed by atoms with Crippen molar-refractivity contribution in [2.75, 3.05) is 26.3 Å². The first-order chi connectivity index (χ1) is 11.3. The normalized spacial score (nSPS) is 14.9. The standard InChI is InChI=1S/C17H21N3O3/c1-2-13-3-5-14(6-4-13)17-18-15(23-19-17)7-8-16(21)20-9-11-22-12-10-20/h3-6H,2,7-12H2,1H3. The van der Waals surface area contributed by atoms with Crippen molar-refractivity contribution in [3.63, 3.8) is 0 Å². The van der Waals surface area contributed by atoms with E-state index in [1.807, 2.05) is 17.0 Å². The summed E-state index contributed by atoms with van der Waals surface area (Å²) in [6.07, 6.45) is 1.86. The largest absolute Gasteiger partial charge is 0.378 e. The van der Waals surface area contributed by atoms with Crippen molar-refractivity contribution in [3.8, 4) is 11.4 Å². The number of carbonyl (C=O) groups excluding carboxylic acids is 1. The molecule has 1 aliphatic rings. The molecule has 6 nitrogen and oxygen atoms in total. The number of hydrogen-bond donors (Lipinski definition) is 0. The van der Waals surface area contributed by atoms with Crippen LogP contribution in [-0.2, 0) is 22.4 Å². The summed E-state index contributed by atoms with van der Waals surface area (Å²) < 4.78 is 10.5. The van der Waals surface area contributed by atoms with Gasteiger partial charge in [-0.05, 0) is 12.0 Å². The Hall–Kier alpha value is -2.21. The topological polar surface area (TPSA) is 68.5 Å². The molecule has 0 saturated carbocycles. The fourth-order valence-electron chi connectivity index (χ4n) is 2.55. The molecular weight excluding hydrogens is 294 g/mol. The SMILES string of the molecule is CCc1ccc(-c2noc(CCC(=O)N3CCOCC3)n2)cc1. The minimum Gasteiger partial charge on any atom is -0.378 e. The number of carbonyl (C=O) groups is 1. The summed E-state index contributed by atoms with van der Waals surface area (Å²) in [4.78, 5) is 18.3. The van der Waals surface area contributed by atoms with Crippen molar-refractivity contribution in [1.82, 2.24) is 15.0 Å². The summed E-state index contributed by atoms with van der Waals surface area (Å²) in [5.74, 6) is 1.18. The lowest BCUT2D eigenvalue weighted by molar-refractivity contribution is -0.135. The van der Waals surface area contributed by atoms with Crippen LogP contribution in [0.25, 0.3) is 11.4 Å². The molecule has 2 heterocycles. The van der Waals surface area contributed by atoms with E-state index in [1.165, 1.54) is 5.56 Å². The van der Waals surface area contributed by atoms with Gasteiger partial charge in [-0.15, -0.1) is 0 Å². The van der Waals surface area contributed by atoms with Gasteiger partial charge in [-0.3, -0.25) is 4.79 Å². The first-order valence-corrected chi connectivity index (χ1v) is 8.03. The number of aryl methyl sites for hydroxylation is 2. The van der Waals surface area contributed by atoms with Gasteiger partial charge in [0, 0.05) is 31.5 Å². The summed E-state index contributed by atoms with van der Waals surface area (Å²) in [6.45, 7) is 4.68. The quantitative estimate of drug-likeness (QED) is 0.845. The molecule has 1 aromatic carbocycles. The maximum atomic E-state index is 12.1. The Labute approximate surface area is 135 Å². The number of rotatable bonds is 5. The van der Waals surface area contributed by atoms with Crippen LogP contribution in [-0.4, -0.2) is 47.3 Å². The molecule has 1 amide bonds. The van der Waals surface area contributed by atoms with E-state index in [9.17, 15) is 4.79 Å². The average Bonchev–Trinajstić information content (AvgIpc) is 3.09. The zero-order chi connectivity index (χ0) is 16.1. The van der Waals surface area contributed by atoms with Gasteiger partial charge in [0.1, 0.15) is 0 Å². The van der Waals surface area contributed by atoms with Gasteiger partial charge < -0.3 is 14.2 Å². The van der Waals surface area contributed by atoms with Gasteiger partial charge in [-0.1, -0.05) is 36.3 Å². The molecule has 3 rings (SSSR count). The summed E-state index contributed by atoms with van der Waals surface area (Å²) in [5.41, 5.74) is 2.20. The highest BCUT2D eigenvalue weighted by Gasteiger charge is 2.18. The van der Waals surface area contributed by atoms with Gasteiger partial charge in [0.05, 0.1) is 13.2 Å². The Kier molecular flexibility index (Phi) is 5.02. The molecule has 1 fully saturated rings. The second-order valence-corrected chi connectivity index (χ2v) is 5.56. The van der Waals surface area contributed by atoms with E-state index >= 15 is 0 Å². The lowest BCUT2D eigenvalue weighted by Gasteiger charge is -2.26. The molecule has 0 unspecified atom stereocenters. The van der Waals surface area contributed by atoms with Crippen molar-refractivity contribution in [2.24, 2.45) is 0 Å². The molecule has 0 radical (unpaired) electrons. The Morgan fingerprint density at radius 1 is 1.22 bits per heavy atom. The number of nitrogens with zero attached hydrogens (tertiary/aromatic N) is 3. The Balaban J connectivity index is 1.57. The zero-order valence-electron chi connectivity index (χ0n) is 13.3. The summed E-state index contributed by atoms with van der Waals surface area (Å²) >= 11 is 0. The fraction of sp³-hybridized carbons (Fsp3) is 0.471. The molecule has 0 spiro atoms. The molecule has 23 heavy (non-hydrogen) atoms. The number of morpholine rings is 1. The van der Waals surface area contributed by atoms with Crippen molar-refractivity contribution >= 4 is 5.91 Å². The van der Waals surface area contributed by atoms with Crippen molar-refractivity contribution in [2.45, 2.75) is 26.2 Å². The molecule has 1 aliphatic heterocycles. The van der Waals surface area contributed by atoms with Crippen LogP contribution in [0.15, 0.2) is 28.8 Å². The minimum absolute atomic E-state index is 0.111. The van der Waals surface area contributed by atoms with Gasteiger partial charge >= 0.3 is 0 Å². The van der Waals surface area contributed by atoms with E-state index in [4.69, 9.17) is 9.26 Å². The number of amides is 1. The highest BCUT2D eigenvalue weighted by atomic mass is 16.5. The molecule has 0 bridgehead atoms. The smallest absolute Gasteiger partial charge is 0.227 e. The third-order valence-electron chi connectivity index (χ3n) is 4.00. The number of aromatic nitrogens is 2. The zero-order valence-corrected chi connectivity index (χ0v) is 13.3. The van der Waals surface area contributed by atoms with Crippen LogP contribution in [0.1, 0.15) is 24.8 Å². The predicted octanol–water partition coefficient (Wildman–Crippen LogP) is 2.09. The predicted molar refractivity (Wildman–Crippen MR) is 84.8 cm³/mol. The molecule has 0 aliphatic carbocycles. The third-order valence-corrected chi connectivity index (χ3v) is 4.00. The van der Waals surface area contributed by atoms with Gasteiger partial charge in [-0.25, -0.2) is 0 Å². The molecule has 0 atom stereocenters. The van der Waals surface area contributed by atoms with E-state index in [2.05, 4.69) is 29.2 Å². The summed E-state index contributed by atoms with van der Waals surface area (Å²) in [6, 6.07) is 8.11. The second-order valence-electron chi connectivity index (χ2n) is 5.56. The van der Waals surface area contributed by atoms with Crippen LogP contribution in [0.2, 0.25) is 0 Å². The highest BCUT2D eigenvalue weighted by molar-refractivity contribution is 5.76. The van der Waals surface area contributed by atoms with Crippen LogP contribution in [0, 0.1) is 0 Å². The summed E-state index contributed by atoms with van der Waals surface area (Å²) in [5, 5.41) is 4.00. The Morgan fingerprint density at radius 2 is 1.96 bits per heavy atom. The van der Waals surface area contributed by atoms with Crippen LogP contribution in [0.5, 0.6) is 0 Å². The van der Waals surface area contributed by atoms with E-state index < -0.39 is 0 Å². The lowest BCUT2D eigenvalue weighted by Crippen LogP contribution is -2.40. The van der Waals surface area contributed by atoms with Crippen LogP contribution in [0.3, 0.4) is 0 Å². The second kappa shape index (κ2) is 7.37. The van der Waals surface area contributed by atoms with Gasteiger partial charge in [0.25, 0.3) is 0 Å². The lowest BCUT2D eigenvalue weighted by atomic mass is 10.1. The molecule has 6 heteroatoms. The van der Waals surface area contributed by atoms with E-state index in [0.29, 0.717) is 50.9 Å². The molecule has 0 N–H and O–H groups in total. The van der Waals surface area contributed by atoms with Gasteiger partial charge in [-0.2, -0.15) is 4.98 Å². The minimum atomic E-state index is 0.111. The van der Waals surface area contributed by atoms with E-state index in [1.54, 1.807) is 0 Å².